The summed E-state index contributed by atoms with van der Waals surface area (Å²) < 4.78 is 4.97. The third-order valence-corrected chi connectivity index (χ3v) is 4.12. The summed E-state index contributed by atoms with van der Waals surface area (Å²) in [5.74, 6) is -0.319. The molecule has 0 fully saturated rings. The molecule has 2 aromatic rings. The SMILES string of the molecule is COCCNC(=O)[C@@H]1Cc2ccccc2N1C(=O)c1ccccc1. The van der Waals surface area contributed by atoms with E-state index in [0.717, 1.165) is 11.3 Å². The number of carbonyl (C=O) groups is 2. The van der Waals surface area contributed by atoms with Crippen LogP contribution in [0.25, 0.3) is 0 Å². The van der Waals surface area contributed by atoms with E-state index in [9.17, 15) is 9.59 Å². The van der Waals surface area contributed by atoms with Crippen LogP contribution in [0.3, 0.4) is 0 Å². The lowest BCUT2D eigenvalue weighted by molar-refractivity contribution is -0.122. The lowest BCUT2D eigenvalue weighted by Gasteiger charge is -2.25. The highest BCUT2D eigenvalue weighted by Gasteiger charge is 2.38. The van der Waals surface area contributed by atoms with Gasteiger partial charge < -0.3 is 10.1 Å². The van der Waals surface area contributed by atoms with E-state index in [2.05, 4.69) is 5.32 Å². The van der Waals surface area contributed by atoms with E-state index in [1.54, 1.807) is 24.1 Å². The minimum absolute atomic E-state index is 0.160. The summed E-state index contributed by atoms with van der Waals surface area (Å²) in [6.45, 7) is 0.869. The van der Waals surface area contributed by atoms with Crippen LogP contribution in [0.5, 0.6) is 0 Å². The molecule has 0 aliphatic carbocycles. The number of methoxy groups -OCH3 is 1. The van der Waals surface area contributed by atoms with Crippen molar-refractivity contribution in [1.29, 1.82) is 0 Å². The first-order valence-corrected chi connectivity index (χ1v) is 7.95. The van der Waals surface area contributed by atoms with E-state index in [4.69, 9.17) is 4.74 Å². The summed E-state index contributed by atoms with van der Waals surface area (Å²) in [6, 6.07) is 16.2. The maximum Gasteiger partial charge on any atom is 0.259 e. The average Bonchev–Trinajstić information content (AvgIpc) is 3.01. The zero-order valence-electron chi connectivity index (χ0n) is 13.6. The molecular formula is C19H20N2O3. The number of nitrogens with zero attached hydrogens (tertiary/aromatic N) is 1. The molecule has 2 amide bonds. The number of benzene rings is 2. The van der Waals surface area contributed by atoms with E-state index in [-0.39, 0.29) is 11.8 Å². The van der Waals surface area contributed by atoms with E-state index >= 15 is 0 Å². The second-order valence-electron chi connectivity index (χ2n) is 5.67. The number of nitrogens with one attached hydrogen (secondary N) is 1. The maximum absolute atomic E-state index is 13.0. The maximum atomic E-state index is 13.0. The van der Waals surface area contributed by atoms with Gasteiger partial charge in [0, 0.05) is 31.3 Å². The van der Waals surface area contributed by atoms with Gasteiger partial charge in [0.25, 0.3) is 5.91 Å². The fourth-order valence-corrected chi connectivity index (χ4v) is 2.96. The monoisotopic (exact) mass is 324 g/mol. The Kier molecular flexibility index (Phi) is 4.91. The van der Waals surface area contributed by atoms with Crippen molar-refractivity contribution in [2.24, 2.45) is 0 Å². The van der Waals surface area contributed by atoms with Crippen LogP contribution in [0.1, 0.15) is 15.9 Å². The minimum Gasteiger partial charge on any atom is -0.383 e. The number of hydrogen-bond acceptors (Lipinski definition) is 3. The minimum atomic E-state index is -0.535. The molecule has 0 saturated carbocycles. The summed E-state index contributed by atoms with van der Waals surface area (Å²) in [4.78, 5) is 27.2. The molecule has 1 N–H and O–H groups in total. The number of anilines is 1. The molecule has 124 valence electrons. The van der Waals surface area contributed by atoms with Crippen molar-refractivity contribution < 1.29 is 14.3 Å². The molecule has 0 unspecified atom stereocenters. The van der Waals surface area contributed by atoms with Crippen molar-refractivity contribution in [2.45, 2.75) is 12.5 Å². The first-order valence-electron chi connectivity index (χ1n) is 7.95. The van der Waals surface area contributed by atoms with Gasteiger partial charge in [-0.25, -0.2) is 0 Å². The number of rotatable bonds is 5. The Morgan fingerprint density at radius 1 is 1.12 bits per heavy atom. The smallest absolute Gasteiger partial charge is 0.259 e. The number of hydrogen-bond donors (Lipinski definition) is 1. The van der Waals surface area contributed by atoms with Gasteiger partial charge >= 0.3 is 0 Å². The molecule has 0 bridgehead atoms. The zero-order valence-corrected chi connectivity index (χ0v) is 13.6. The average molecular weight is 324 g/mol. The molecular weight excluding hydrogens is 304 g/mol. The first-order chi connectivity index (χ1) is 11.7. The molecule has 1 aliphatic heterocycles. The number of amides is 2. The van der Waals surface area contributed by atoms with Crippen molar-refractivity contribution in [3.05, 3.63) is 65.7 Å². The van der Waals surface area contributed by atoms with Gasteiger partial charge in [0.1, 0.15) is 6.04 Å². The number of fused-ring (bicyclic) bond motifs is 1. The predicted molar refractivity (Wildman–Crippen MR) is 92.1 cm³/mol. The fraction of sp³-hybridized carbons (Fsp3) is 0.263. The van der Waals surface area contributed by atoms with Gasteiger partial charge in [0.15, 0.2) is 0 Å². The van der Waals surface area contributed by atoms with Gasteiger partial charge in [-0.1, -0.05) is 36.4 Å². The third kappa shape index (κ3) is 3.16. The standard InChI is InChI=1S/C19H20N2O3/c1-24-12-11-20-18(22)17-13-15-9-5-6-10-16(15)21(17)19(23)14-7-3-2-4-8-14/h2-10,17H,11-13H2,1H3,(H,20,22)/t17-/m0/s1. The summed E-state index contributed by atoms with van der Waals surface area (Å²) in [5.41, 5.74) is 2.39. The van der Waals surface area contributed by atoms with Crippen LogP contribution in [0.4, 0.5) is 5.69 Å². The Morgan fingerprint density at radius 2 is 1.83 bits per heavy atom. The second kappa shape index (κ2) is 7.27. The summed E-state index contributed by atoms with van der Waals surface area (Å²) in [7, 11) is 1.59. The van der Waals surface area contributed by atoms with Crippen molar-refractivity contribution in [3.63, 3.8) is 0 Å². The Labute approximate surface area is 141 Å². The Hall–Kier alpha value is -2.66. The molecule has 1 heterocycles. The summed E-state index contributed by atoms with van der Waals surface area (Å²) in [6.07, 6.45) is 0.521. The van der Waals surface area contributed by atoms with Crippen LogP contribution in [0.2, 0.25) is 0 Å². The highest BCUT2D eigenvalue weighted by atomic mass is 16.5. The number of carbonyl (C=O) groups excluding carboxylic acids is 2. The molecule has 1 aliphatic rings. The Balaban J connectivity index is 1.89. The van der Waals surface area contributed by atoms with Crippen molar-refractivity contribution in [2.75, 3.05) is 25.2 Å². The van der Waals surface area contributed by atoms with Gasteiger partial charge in [-0.2, -0.15) is 0 Å². The lowest BCUT2D eigenvalue weighted by Crippen LogP contribution is -2.48. The molecule has 0 saturated heterocycles. The molecule has 0 spiro atoms. The summed E-state index contributed by atoms with van der Waals surface area (Å²) >= 11 is 0. The normalized spacial score (nSPS) is 15.9. The zero-order chi connectivity index (χ0) is 16.9. The molecule has 3 rings (SSSR count). The summed E-state index contributed by atoms with van der Waals surface area (Å²) in [5, 5.41) is 2.84. The van der Waals surface area contributed by atoms with E-state index < -0.39 is 6.04 Å². The lowest BCUT2D eigenvalue weighted by atomic mass is 10.1. The van der Waals surface area contributed by atoms with Crippen molar-refractivity contribution >= 4 is 17.5 Å². The topological polar surface area (TPSA) is 58.6 Å². The van der Waals surface area contributed by atoms with Crippen LogP contribution < -0.4 is 10.2 Å². The first kappa shape index (κ1) is 16.2. The number of ether oxygens (including phenoxy) is 1. The highest BCUT2D eigenvalue weighted by molar-refractivity contribution is 6.11. The third-order valence-electron chi connectivity index (χ3n) is 4.12. The molecule has 1 atom stereocenters. The van der Waals surface area contributed by atoms with Crippen molar-refractivity contribution in [1.82, 2.24) is 5.32 Å². The van der Waals surface area contributed by atoms with Gasteiger partial charge in [0.2, 0.25) is 5.91 Å². The second-order valence-corrected chi connectivity index (χ2v) is 5.67. The quantitative estimate of drug-likeness (QED) is 0.856. The van der Waals surface area contributed by atoms with Gasteiger partial charge in [-0.3, -0.25) is 14.5 Å². The molecule has 5 nitrogen and oxygen atoms in total. The van der Waals surface area contributed by atoms with Crippen LogP contribution in [0, 0.1) is 0 Å². The highest BCUT2D eigenvalue weighted by Crippen LogP contribution is 2.33. The largest absolute Gasteiger partial charge is 0.383 e. The molecule has 5 heteroatoms. The van der Waals surface area contributed by atoms with E-state index in [0.29, 0.717) is 25.1 Å². The van der Waals surface area contributed by atoms with E-state index in [1.807, 2.05) is 42.5 Å². The van der Waals surface area contributed by atoms with Crippen LogP contribution in [-0.4, -0.2) is 38.1 Å². The van der Waals surface area contributed by atoms with Crippen LogP contribution >= 0.6 is 0 Å². The number of para-hydroxylation sites is 1. The van der Waals surface area contributed by atoms with Gasteiger partial charge in [0.05, 0.1) is 6.61 Å². The van der Waals surface area contributed by atoms with Gasteiger partial charge in [-0.15, -0.1) is 0 Å². The molecule has 0 aromatic heterocycles. The Morgan fingerprint density at radius 3 is 2.58 bits per heavy atom. The van der Waals surface area contributed by atoms with Crippen LogP contribution in [-0.2, 0) is 16.0 Å². The molecule has 24 heavy (non-hydrogen) atoms. The van der Waals surface area contributed by atoms with E-state index in [1.165, 1.54) is 0 Å². The van der Waals surface area contributed by atoms with Gasteiger partial charge in [-0.05, 0) is 23.8 Å². The molecule has 0 radical (unpaired) electrons. The van der Waals surface area contributed by atoms with Crippen LogP contribution in [0.15, 0.2) is 54.6 Å². The van der Waals surface area contributed by atoms with Crippen molar-refractivity contribution in [3.8, 4) is 0 Å². The predicted octanol–water partition coefficient (Wildman–Crippen LogP) is 2.02. The fourth-order valence-electron chi connectivity index (χ4n) is 2.96. The molecule has 2 aromatic carbocycles. The Bertz CT molecular complexity index is 730.